The van der Waals surface area contributed by atoms with Crippen LogP contribution in [0.4, 0.5) is 0 Å². The first kappa shape index (κ1) is 11.5. The Hall–Kier alpha value is 0.533. The third kappa shape index (κ3) is 6.91. The van der Waals surface area contributed by atoms with Gasteiger partial charge in [-0.15, -0.1) is 0 Å². The zero-order valence-electron chi connectivity index (χ0n) is 6.05. The van der Waals surface area contributed by atoms with Crippen molar-refractivity contribution in [2.24, 2.45) is 0 Å². The Morgan fingerprint density at radius 1 is 1.64 bits per heavy atom. The summed E-state index contributed by atoms with van der Waals surface area (Å²) >= 11 is 6.25. The summed E-state index contributed by atoms with van der Waals surface area (Å²) < 4.78 is 4.77. The molecule has 11 heavy (non-hydrogen) atoms. The number of nitrogens with zero attached hydrogens (tertiary/aromatic N) is 1. The average Bonchev–Trinajstić information content (AvgIpc) is 2.08. The Morgan fingerprint density at radius 2 is 2.27 bits per heavy atom. The maximum atomic E-state index is 4.77. The van der Waals surface area contributed by atoms with Crippen LogP contribution in [0.5, 0.6) is 5.88 Å². The zero-order chi connectivity index (χ0) is 8.53. The summed E-state index contributed by atoms with van der Waals surface area (Å²) in [4.78, 5) is 3.75. The Labute approximate surface area is 87.1 Å². The minimum absolute atomic E-state index is 0.250. The molecule has 57 valence electrons. The summed E-state index contributed by atoms with van der Waals surface area (Å²) in [6, 6.07) is 5.32. The predicted molar refractivity (Wildman–Crippen MR) is 47.5 cm³/mol. The van der Waals surface area contributed by atoms with Crippen molar-refractivity contribution in [1.82, 2.24) is 4.98 Å². The fourth-order valence-corrected chi connectivity index (χ4v) is 0.425. The number of hydrogen-bond donors (Lipinski definition) is 0. The van der Waals surface area contributed by atoms with Gasteiger partial charge in [0.05, 0.1) is 13.3 Å². The molecule has 0 fully saturated rings. The van der Waals surface area contributed by atoms with E-state index in [1.807, 2.05) is 6.07 Å². The maximum absolute atomic E-state index is 4.77. The molecule has 0 aliphatic rings. The third-order valence-corrected chi connectivity index (χ3v) is 0.793. The molecular weight excluding hydrogens is 327 g/mol. The molecule has 1 rings (SSSR count). The summed E-state index contributed by atoms with van der Waals surface area (Å²) in [5.74, 6) is 0.604. The molecule has 0 atom stereocenters. The number of rotatable bonds is 1. The monoisotopic (exact) mass is 330 g/mol. The van der Waals surface area contributed by atoms with Gasteiger partial charge in [-0.05, 0) is 6.07 Å². The first-order chi connectivity index (χ1) is 5.35. The van der Waals surface area contributed by atoms with Gasteiger partial charge >= 0.3 is 40.5 Å². The normalized spacial score (nSPS) is 7.18. The number of hydrogen-bond acceptors (Lipinski definition) is 2. The summed E-state index contributed by atoms with van der Waals surface area (Å²) in [5.41, 5.74) is 0. The quantitative estimate of drug-likeness (QED) is 0.737. The summed E-state index contributed by atoms with van der Waals surface area (Å²) in [5, 5.41) is 0. The standard InChI is InChI=1S/C6H6NO.2BrH.Zn/c1-8-6-4-2-3-5-7-6;;;/h2-4H,1H3;2*1H;/q;;;+2/p-2. The molecule has 0 aliphatic heterocycles. The number of ether oxygens (including phenoxy) is 1. The fourth-order valence-electron chi connectivity index (χ4n) is 0.425. The molecule has 1 heterocycles. The fraction of sp³-hybridized carbons (Fsp3) is 0.167. The van der Waals surface area contributed by atoms with Gasteiger partial charge in [-0.3, -0.25) is 0 Å². The van der Waals surface area contributed by atoms with Gasteiger partial charge in [-0.2, -0.15) is 0 Å². The molecule has 1 aromatic rings. The van der Waals surface area contributed by atoms with Crippen LogP contribution in [0, 0.1) is 6.20 Å². The molecule has 2 nitrogen and oxygen atoms in total. The second-order valence-corrected chi connectivity index (χ2v) is 15.5. The zero-order valence-corrected chi connectivity index (χ0v) is 12.2. The van der Waals surface area contributed by atoms with Crippen molar-refractivity contribution in [3.63, 3.8) is 0 Å². The molecule has 0 saturated heterocycles. The van der Waals surface area contributed by atoms with Crippen molar-refractivity contribution in [2.45, 2.75) is 0 Å². The van der Waals surface area contributed by atoms with E-state index in [1.165, 1.54) is 0 Å². The van der Waals surface area contributed by atoms with Gasteiger partial charge in [-0.25, -0.2) is 4.98 Å². The van der Waals surface area contributed by atoms with Crippen molar-refractivity contribution >= 4 is 27.2 Å². The molecule has 0 unspecified atom stereocenters. The molecular formula is C6H6Br2NOZn. The number of methoxy groups -OCH3 is 1. The first-order valence-electron chi connectivity index (χ1n) is 2.84. The van der Waals surface area contributed by atoms with Gasteiger partial charge < -0.3 is 4.74 Å². The SMILES string of the molecule is COc1ccc[c]n1.[Br][Zn][Br]. The number of aromatic nitrogens is 1. The molecule has 5 heteroatoms. The number of halogens is 2. The van der Waals surface area contributed by atoms with E-state index >= 15 is 0 Å². The topological polar surface area (TPSA) is 22.1 Å². The molecule has 0 aliphatic carbocycles. The molecule has 0 spiro atoms. The van der Waals surface area contributed by atoms with Crippen molar-refractivity contribution in [1.29, 1.82) is 0 Å². The summed E-state index contributed by atoms with van der Waals surface area (Å²) in [6.07, 6.45) is 2.64. The van der Waals surface area contributed by atoms with Gasteiger partial charge in [0, 0.05) is 6.07 Å². The Bertz CT molecular complexity index is 173. The van der Waals surface area contributed by atoms with Crippen LogP contribution in [0.15, 0.2) is 18.2 Å². The van der Waals surface area contributed by atoms with E-state index in [1.54, 1.807) is 19.2 Å². The number of pyridine rings is 1. The van der Waals surface area contributed by atoms with E-state index < -0.39 is 0 Å². The van der Waals surface area contributed by atoms with Gasteiger partial charge in [0.1, 0.15) is 0 Å². The molecule has 0 saturated carbocycles. The summed E-state index contributed by atoms with van der Waals surface area (Å²) in [6.45, 7) is 0. The molecule has 0 N–H and O–H groups in total. The first-order valence-corrected chi connectivity index (χ1v) is 16.7. The van der Waals surface area contributed by atoms with Crippen LogP contribution in [0.25, 0.3) is 0 Å². The van der Waals surface area contributed by atoms with E-state index in [9.17, 15) is 0 Å². The summed E-state index contributed by atoms with van der Waals surface area (Å²) in [7, 11) is 1.58. The average molecular weight is 333 g/mol. The predicted octanol–water partition coefficient (Wildman–Crippen LogP) is 2.58. The Kier molecular flexibility index (Phi) is 9.05. The van der Waals surface area contributed by atoms with E-state index in [-0.39, 0.29) is 13.2 Å². The Morgan fingerprint density at radius 3 is 2.55 bits per heavy atom. The van der Waals surface area contributed by atoms with E-state index in [2.05, 4.69) is 38.4 Å². The van der Waals surface area contributed by atoms with Gasteiger partial charge in [0.15, 0.2) is 0 Å². The van der Waals surface area contributed by atoms with Crippen molar-refractivity contribution in [3.8, 4) is 5.88 Å². The van der Waals surface area contributed by atoms with E-state index in [0.717, 1.165) is 0 Å². The minimum atomic E-state index is -0.250. The Balaban J connectivity index is 0.000000292. The molecule has 0 aromatic carbocycles. The van der Waals surface area contributed by atoms with E-state index in [4.69, 9.17) is 4.74 Å². The molecule has 0 amide bonds. The van der Waals surface area contributed by atoms with Crippen LogP contribution in [-0.2, 0) is 13.2 Å². The molecule has 1 aromatic heterocycles. The van der Waals surface area contributed by atoms with Crippen LogP contribution in [0.3, 0.4) is 0 Å². The van der Waals surface area contributed by atoms with Crippen LogP contribution < -0.4 is 4.74 Å². The second kappa shape index (κ2) is 8.63. The van der Waals surface area contributed by atoms with Gasteiger partial charge in [0.2, 0.25) is 5.88 Å². The van der Waals surface area contributed by atoms with Gasteiger partial charge in [0.25, 0.3) is 0 Å². The third-order valence-electron chi connectivity index (χ3n) is 0.793. The van der Waals surface area contributed by atoms with Gasteiger partial charge in [-0.1, -0.05) is 6.07 Å². The molecule has 1 radical (unpaired) electrons. The van der Waals surface area contributed by atoms with Crippen LogP contribution >= 0.6 is 27.2 Å². The van der Waals surface area contributed by atoms with Crippen molar-refractivity contribution in [2.75, 3.05) is 7.11 Å². The van der Waals surface area contributed by atoms with Crippen LogP contribution in [0.1, 0.15) is 0 Å². The molecule has 0 bridgehead atoms. The second-order valence-electron chi connectivity index (χ2n) is 1.41. The van der Waals surface area contributed by atoms with Crippen molar-refractivity contribution < 1.29 is 17.9 Å². The van der Waals surface area contributed by atoms with Crippen molar-refractivity contribution in [3.05, 3.63) is 24.4 Å². The van der Waals surface area contributed by atoms with Crippen LogP contribution in [0.2, 0.25) is 0 Å². The van der Waals surface area contributed by atoms with E-state index in [0.29, 0.717) is 5.88 Å². The van der Waals surface area contributed by atoms with Crippen LogP contribution in [-0.4, -0.2) is 12.1 Å².